The number of rotatable bonds is 7. The second-order valence-electron chi connectivity index (χ2n) is 7.04. The summed E-state index contributed by atoms with van der Waals surface area (Å²) in [5.74, 6) is 1.07. The Morgan fingerprint density at radius 2 is 1.43 bits per heavy atom. The number of nitrogens with one attached hydrogen (secondary N) is 2. The minimum absolute atomic E-state index is 0.253. The molecule has 2 saturated carbocycles. The van der Waals surface area contributed by atoms with Gasteiger partial charge in [-0.25, -0.2) is 0 Å². The predicted octanol–water partition coefficient (Wildman–Crippen LogP) is 3.78. The second kappa shape index (κ2) is 10.2. The van der Waals surface area contributed by atoms with Crippen LogP contribution in [-0.4, -0.2) is 25.0 Å². The van der Waals surface area contributed by atoms with E-state index in [2.05, 4.69) is 10.6 Å². The van der Waals surface area contributed by atoms with Crippen LogP contribution in [0.25, 0.3) is 0 Å². The van der Waals surface area contributed by atoms with Gasteiger partial charge in [-0.3, -0.25) is 4.79 Å². The van der Waals surface area contributed by atoms with E-state index in [1.807, 2.05) is 0 Å². The second-order valence-corrected chi connectivity index (χ2v) is 7.04. The maximum absolute atomic E-state index is 11.9. The van der Waals surface area contributed by atoms with Crippen LogP contribution < -0.4 is 10.6 Å². The largest absolute Gasteiger partial charge is 0.355 e. The third-order valence-electron chi connectivity index (χ3n) is 5.24. The van der Waals surface area contributed by atoms with Crippen LogP contribution in [0.2, 0.25) is 0 Å². The van der Waals surface area contributed by atoms with E-state index >= 15 is 0 Å². The Morgan fingerprint density at radius 1 is 0.810 bits per heavy atom. The molecule has 0 saturated heterocycles. The van der Waals surface area contributed by atoms with E-state index in [-0.39, 0.29) is 5.91 Å². The van der Waals surface area contributed by atoms with Gasteiger partial charge in [0, 0.05) is 25.6 Å². The first-order valence-electron chi connectivity index (χ1n) is 9.34. The average molecular weight is 294 g/mol. The zero-order chi connectivity index (χ0) is 14.8. The number of amides is 1. The third-order valence-corrected chi connectivity index (χ3v) is 5.24. The van der Waals surface area contributed by atoms with E-state index in [9.17, 15) is 4.79 Å². The minimum atomic E-state index is 0.253. The minimum Gasteiger partial charge on any atom is -0.355 e. The topological polar surface area (TPSA) is 41.1 Å². The molecule has 0 heterocycles. The fourth-order valence-electron chi connectivity index (χ4n) is 3.86. The first-order valence-corrected chi connectivity index (χ1v) is 9.34. The lowest BCUT2D eigenvalue weighted by atomic mass is 9.86. The highest BCUT2D eigenvalue weighted by atomic mass is 16.1. The van der Waals surface area contributed by atoms with E-state index in [0.29, 0.717) is 6.04 Å². The van der Waals surface area contributed by atoms with E-state index in [4.69, 9.17) is 0 Å². The van der Waals surface area contributed by atoms with Gasteiger partial charge in [0.25, 0.3) is 0 Å². The molecule has 0 aromatic carbocycles. The zero-order valence-electron chi connectivity index (χ0n) is 13.7. The van der Waals surface area contributed by atoms with E-state index in [1.165, 1.54) is 70.6 Å². The molecule has 122 valence electrons. The lowest BCUT2D eigenvalue weighted by Gasteiger charge is -2.21. The van der Waals surface area contributed by atoms with Crippen molar-refractivity contribution in [3.05, 3.63) is 0 Å². The van der Waals surface area contributed by atoms with Gasteiger partial charge in [0.05, 0.1) is 0 Å². The molecule has 0 aromatic heterocycles. The first kappa shape index (κ1) is 16.8. The third kappa shape index (κ3) is 7.30. The van der Waals surface area contributed by atoms with Crippen molar-refractivity contribution in [1.82, 2.24) is 10.6 Å². The van der Waals surface area contributed by atoms with Crippen LogP contribution >= 0.6 is 0 Å². The molecule has 1 amide bonds. The number of carbonyl (C=O) groups is 1. The van der Waals surface area contributed by atoms with Crippen molar-refractivity contribution in [3.8, 4) is 0 Å². The zero-order valence-corrected chi connectivity index (χ0v) is 13.7. The molecule has 0 radical (unpaired) electrons. The Hall–Kier alpha value is -0.570. The summed E-state index contributed by atoms with van der Waals surface area (Å²) in [7, 11) is 0. The van der Waals surface area contributed by atoms with Crippen molar-refractivity contribution < 1.29 is 4.79 Å². The monoisotopic (exact) mass is 294 g/mol. The van der Waals surface area contributed by atoms with Crippen molar-refractivity contribution in [1.29, 1.82) is 0 Å². The van der Waals surface area contributed by atoms with Crippen LogP contribution in [0.1, 0.15) is 83.5 Å². The summed E-state index contributed by atoms with van der Waals surface area (Å²) in [6.45, 7) is 1.72. The summed E-state index contributed by atoms with van der Waals surface area (Å²) in [5, 5.41) is 6.68. The van der Waals surface area contributed by atoms with Crippen LogP contribution in [0.4, 0.5) is 0 Å². The Labute approximate surface area is 130 Å². The first-order chi connectivity index (χ1) is 10.3. The maximum Gasteiger partial charge on any atom is 0.220 e. The quantitative estimate of drug-likeness (QED) is 0.554. The maximum atomic E-state index is 11.9. The summed E-state index contributed by atoms with van der Waals surface area (Å²) in [5.41, 5.74) is 0. The molecule has 0 aliphatic heterocycles. The van der Waals surface area contributed by atoms with Gasteiger partial charge in [0.15, 0.2) is 0 Å². The molecule has 2 aliphatic rings. The lowest BCUT2D eigenvalue weighted by Crippen LogP contribution is -2.36. The van der Waals surface area contributed by atoms with Crippen LogP contribution in [0.15, 0.2) is 0 Å². The van der Waals surface area contributed by atoms with Gasteiger partial charge < -0.3 is 10.6 Å². The summed E-state index contributed by atoms with van der Waals surface area (Å²) < 4.78 is 0. The molecule has 2 N–H and O–H groups in total. The number of hydrogen-bond donors (Lipinski definition) is 2. The predicted molar refractivity (Wildman–Crippen MR) is 88.3 cm³/mol. The van der Waals surface area contributed by atoms with Crippen molar-refractivity contribution >= 4 is 5.91 Å². The standard InChI is InChI=1S/C18H34N2O/c21-18(13-12-16-8-4-3-5-9-16)20-15-14-19-17-10-6-1-2-7-11-17/h16-17,19H,1-15H2,(H,20,21). The molecule has 3 heteroatoms. The molecule has 3 nitrogen and oxygen atoms in total. The van der Waals surface area contributed by atoms with Gasteiger partial charge in [-0.2, -0.15) is 0 Å². The molecule has 0 spiro atoms. The molecule has 21 heavy (non-hydrogen) atoms. The molecule has 2 rings (SSSR count). The van der Waals surface area contributed by atoms with E-state index in [1.54, 1.807) is 0 Å². The summed E-state index contributed by atoms with van der Waals surface area (Å²) >= 11 is 0. The number of carbonyl (C=O) groups excluding carboxylic acids is 1. The molecule has 0 bridgehead atoms. The van der Waals surface area contributed by atoms with E-state index in [0.717, 1.165) is 31.8 Å². The van der Waals surface area contributed by atoms with Crippen LogP contribution in [0.5, 0.6) is 0 Å². The van der Waals surface area contributed by atoms with Crippen LogP contribution in [0.3, 0.4) is 0 Å². The highest BCUT2D eigenvalue weighted by Gasteiger charge is 2.15. The fraction of sp³-hybridized carbons (Fsp3) is 0.944. The Bertz CT molecular complexity index is 279. The van der Waals surface area contributed by atoms with E-state index < -0.39 is 0 Å². The van der Waals surface area contributed by atoms with Gasteiger partial charge in [-0.05, 0) is 25.2 Å². The smallest absolute Gasteiger partial charge is 0.220 e. The summed E-state index contributed by atoms with van der Waals surface area (Å²) in [4.78, 5) is 11.9. The molecular weight excluding hydrogens is 260 g/mol. The summed E-state index contributed by atoms with van der Waals surface area (Å²) in [6, 6.07) is 0.687. The van der Waals surface area contributed by atoms with Crippen molar-refractivity contribution in [2.45, 2.75) is 89.5 Å². The van der Waals surface area contributed by atoms with Gasteiger partial charge in [0.2, 0.25) is 5.91 Å². The molecule has 2 aliphatic carbocycles. The summed E-state index contributed by atoms with van der Waals surface area (Å²) in [6.07, 6.45) is 16.8. The van der Waals surface area contributed by atoms with Gasteiger partial charge in [-0.15, -0.1) is 0 Å². The van der Waals surface area contributed by atoms with Crippen LogP contribution in [-0.2, 0) is 4.79 Å². The molecule has 0 atom stereocenters. The lowest BCUT2D eigenvalue weighted by molar-refractivity contribution is -0.121. The molecule has 0 unspecified atom stereocenters. The van der Waals surface area contributed by atoms with Crippen molar-refractivity contribution in [2.24, 2.45) is 5.92 Å². The van der Waals surface area contributed by atoms with Gasteiger partial charge >= 0.3 is 0 Å². The van der Waals surface area contributed by atoms with Crippen LogP contribution in [0, 0.1) is 5.92 Å². The highest BCUT2D eigenvalue weighted by Crippen LogP contribution is 2.27. The molecule has 0 aromatic rings. The normalized spacial score (nSPS) is 21.9. The van der Waals surface area contributed by atoms with Crippen molar-refractivity contribution in [2.75, 3.05) is 13.1 Å². The SMILES string of the molecule is O=C(CCC1CCCCC1)NCCNC1CCCCCC1. The Balaban J connectivity index is 1.46. The average Bonchev–Trinajstić information content (AvgIpc) is 2.79. The number of hydrogen-bond acceptors (Lipinski definition) is 2. The molecular formula is C18H34N2O. The van der Waals surface area contributed by atoms with Gasteiger partial charge in [-0.1, -0.05) is 57.8 Å². The Morgan fingerprint density at radius 3 is 2.14 bits per heavy atom. The van der Waals surface area contributed by atoms with Crippen molar-refractivity contribution in [3.63, 3.8) is 0 Å². The highest BCUT2D eigenvalue weighted by molar-refractivity contribution is 5.75. The molecule has 2 fully saturated rings. The fourth-order valence-corrected chi connectivity index (χ4v) is 3.86. The van der Waals surface area contributed by atoms with Gasteiger partial charge in [0.1, 0.15) is 0 Å². The Kier molecular flexibility index (Phi) is 8.16.